The van der Waals surface area contributed by atoms with E-state index in [-0.39, 0.29) is 11.3 Å². The van der Waals surface area contributed by atoms with Gasteiger partial charge in [0, 0.05) is 6.54 Å². The molecule has 0 spiro atoms. The summed E-state index contributed by atoms with van der Waals surface area (Å²) in [6, 6.07) is 10.3. The van der Waals surface area contributed by atoms with Crippen LogP contribution >= 0.6 is 11.6 Å². The van der Waals surface area contributed by atoms with Crippen molar-refractivity contribution in [3.8, 4) is 0 Å². The Bertz CT molecular complexity index is 650. The smallest absolute Gasteiger partial charge is 0.229 e. The van der Waals surface area contributed by atoms with Crippen LogP contribution in [0.25, 0.3) is 0 Å². The van der Waals surface area contributed by atoms with E-state index in [0.29, 0.717) is 11.9 Å². The van der Waals surface area contributed by atoms with Crippen molar-refractivity contribution < 1.29 is 0 Å². The predicted octanol–water partition coefficient (Wildman–Crippen LogP) is 6.25. The van der Waals surface area contributed by atoms with Crippen molar-refractivity contribution in [3.05, 3.63) is 41.2 Å². The largest absolute Gasteiger partial charge is 0.354 e. The van der Waals surface area contributed by atoms with Crippen molar-refractivity contribution >= 4 is 23.5 Å². The van der Waals surface area contributed by atoms with Gasteiger partial charge in [-0.1, -0.05) is 82.2 Å². The first-order valence-corrected chi connectivity index (χ1v) is 10.5. The number of nitrogens with zero attached hydrogens (tertiary/aromatic N) is 3. The van der Waals surface area contributed by atoms with E-state index in [0.717, 1.165) is 13.0 Å². The SMILES string of the molecule is CCCCCCCCCCNc1nc(Cl)nc(N[C@@H](C)c2ccccc2)n1. The topological polar surface area (TPSA) is 62.7 Å². The highest BCUT2D eigenvalue weighted by Crippen LogP contribution is 2.18. The number of anilines is 2. The third-order valence-electron chi connectivity index (χ3n) is 4.57. The number of hydrogen-bond acceptors (Lipinski definition) is 5. The van der Waals surface area contributed by atoms with E-state index < -0.39 is 0 Å². The summed E-state index contributed by atoms with van der Waals surface area (Å²) in [6.07, 6.45) is 10.4. The Morgan fingerprint density at radius 3 is 2.19 bits per heavy atom. The van der Waals surface area contributed by atoms with Crippen LogP contribution in [-0.4, -0.2) is 21.5 Å². The zero-order valence-corrected chi connectivity index (χ0v) is 17.3. The molecule has 5 nitrogen and oxygen atoms in total. The minimum atomic E-state index is 0.0882. The molecule has 1 aromatic heterocycles. The van der Waals surface area contributed by atoms with Gasteiger partial charge >= 0.3 is 0 Å². The van der Waals surface area contributed by atoms with E-state index in [1.807, 2.05) is 18.2 Å². The molecule has 1 aromatic carbocycles. The highest BCUT2D eigenvalue weighted by atomic mass is 35.5. The summed E-state index contributed by atoms with van der Waals surface area (Å²) >= 11 is 6.06. The molecule has 1 atom stereocenters. The number of nitrogens with one attached hydrogen (secondary N) is 2. The van der Waals surface area contributed by atoms with Crippen molar-refractivity contribution in [2.75, 3.05) is 17.2 Å². The van der Waals surface area contributed by atoms with E-state index in [2.05, 4.69) is 51.6 Å². The molecule has 0 unspecified atom stereocenters. The zero-order chi connectivity index (χ0) is 19.3. The predicted molar refractivity (Wildman–Crippen MR) is 114 cm³/mol. The van der Waals surface area contributed by atoms with Crippen LogP contribution in [0.4, 0.5) is 11.9 Å². The standard InChI is InChI=1S/C21H32ClN5/c1-3-4-5-6-7-8-9-13-16-23-20-25-19(22)26-21(27-20)24-17(2)18-14-11-10-12-15-18/h10-12,14-15,17H,3-9,13,16H2,1-2H3,(H2,23,24,25,26,27)/t17-/m0/s1. The molecule has 0 fully saturated rings. The molecule has 0 bridgehead atoms. The van der Waals surface area contributed by atoms with E-state index in [9.17, 15) is 0 Å². The van der Waals surface area contributed by atoms with Crippen molar-refractivity contribution in [2.45, 2.75) is 71.3 Å². The van der Waals surface area contributed by atoms with Gasteiger partial charge in [0.25, 0.3) is 0 Å². The van der Waals surface area contributed by atoms with Crippen LogP contribution in [0.5, 0.6) is 0 Å². The van der Waals surface area contributed by atoms with Crippen LogP contribution in [0.1, 0.15) is 76.8 Å². The molecule has 2 rings (SSSR count). The number of benzene rings is 1. The monoisotopic (exact) mass is 389 g/mol. The average molecular weight is 390 g/mol. The molecule has 0 aliphatic heterocycles. The highest BCUT2D eigenvalue weighted by molar-refractivity contribution is 6.28. The molecular formula is C21H32ClN5. The Labute approximate surface area is 168 Å². The van der Waals surface area contributed by atoms with E-state index in [1.165, 1.54) is 50.5 Å². The summed E-state index contributed by atoms with van der Waals surface area (Å²) in [5, 5.41) is 6.75. The Hall–Kier alpha value is -1.88. The van der Waals surface area contributed by atoms with Crippen molar-refractivity contribution in [1.82, 2.24) is 15.0 Å². The summed E-state index contributed by atoms with van der Waals surface area (Å²) < 4.78 is 0. The Morgan fingerprint density at radius 2 is 1.48 bits per heavy atom. The lowest BCUT2D eigenvalue weighted by atomic mass is 10.1. The van der Waals surface area contributed by atoms with Gasteiger partial charge in [-0.2, -0.15) is 15.0 Å². The number of halogens is 1. The lowest BCUT2D eigenvalue weighted by molar-refractivity contribution is 0.580. The van der Waals surface area contributed by atoms with Gasteiger partial charge in [0.2, 0.25) is 17.2 Å². The summed E-state index contributed by atoms with van der Waals surface area (Å²) in [4.78, 5) is 12.8. The van der Waals surface area contributed by atoms with Gasteiger partial charge in [0.1, 0.15) is 0 Å². The van der Waals surface area contributed by atoms with Crippen LogP contribution < -0.4 is 10.6 Å². The van der Waals surface area contributed by atoms with E-state index in [4.69, 9.17) is 11.6 Å². The molecule has 0 amide bonds. The first kappa shape index (κ1) is 21.4. The molecule has 0 aliphatic rings. The lowest BCUT2D eigenvalue weighted by Crippen LogP contribution is -2.12. The van der Waals surface area contributed by atoms with Gasteiger partial charge in [-0.15, -0.1) is 0 Å². The zero-order valence-electron chi connectivity index (χ0n) is 16.5. The molecule has 2 N–H and O–H groups in total. The minimum absolute atomic E-state index is 0.0882. The molecule has 27 heavy (non-hydrogen) atoms. The normalized spacial score (nSPS) is 12.0. The van der Waals surface area contributed by atoms with Gasteiger partial charge < -0.3 is 10.6 Å². The van der Waals surface area contributed by atoms with Gasteiger partial charge in [0.05, 0.1) is 6.04 Å². The Kier molecular flexibility index (Phi) is 9.91. The third kappa shape index (κ3) is 8.57. The van der Waals surface area contributed by atoms with Gasteiger partial charge in [0.15, 0.2) is 0 Å². The third-order valence-corrected chi connectivity index (χ3v) is 4.74. The Morgan fingerprint density at radius 1 is 0.852 bits per heavy atom. The fourth-order valence-corrected chi connectivity index (χ4v) is 3.13. The number of aromatic nitrogens is 3. The van der Waals surface area contributed by atoms with E-state index in [1.54, 1.807) is 0 Å². The maximum absolute atomic E-state index is 6.06. The number of unbranched alkanes of at least 4 members (excludes halogenated alkanes) is 7. The molecule has 1 heterocycles. The molecule has 0 aliphatic carbocycles. The molecule has 0 saturated carbocycles. The van der Waals surface area contributed by atoms with Crippen LogP contribution in [-0.2, 0) is 0 Å². The molecule has 0 radical (unpaired) electrons. The van der Waals surface area contributed by atoms with Crippen LogP contribution in [0, 0.1) is 0 Å². The molecule has 148 valence electrons. The van der Waals surface area contributed by atoms with Crippen molar-refractivity contribution in [2.24, 2.45) is 0 Å². The molecule has 2 aromatic rings. The maximum Gasteiger partial charge on any atom is 0.229 e. The second kappa shape index (κ2) is 12.5. The van der Waals surface area contributed by atoms with E-state index >= 15 is 0 Å². The van der Waals surface area contributed by atoms with Crippen LogP contribution in [0.2, 0.25) is 5.28 Å². The lowest BCUT2D eigenvalue weighted by Gasteiger charge is -2.14. The quantitative estimate of drug-likeness (QED) is 0.396. The summed E-state index contributed by atoms with van der Waals surface area (Å²) in [7, 11) is 0. The second-order valence-corrected chi connectivity index (χ2v) is 7.27. The highest BCUT2D eigenvalue weighted by Gasteiger charge is 2.09. The minimum Gasteiger partial charge on any atom is -0.354 e. The Balaban J connectivity index is 1.73. The van der Waals surface area contributed by atoms with Crippen molar-refractivity contribution in [3.63, 3.8) is 0 Å². The van der Waals surface area contributed by atoms with Crippen molar-refractivity contribution in [1.29, 1.82) is 0 Å². The fraction of sp³-hybridized carbons (Fsp3) is 0.571. The molecular weight excluding hydrogens is 358 g/mol. The summed E-state index contributed by atoms with van der Waals surface area (Å²) in [6.45, 7) is 5.17. The fourth-order valence-electron chi connectivity index (χ4n) is 2.97. The summed E-state index contributed by atoms with van der Waals surface area (Å²) in [5.41, 5.74) is 1.17. The van der Waals surface area contributed by atoms with Gasteiger partial charge in [-0.05, 0) is 30.5 Å². The number of rotatable bonds is 13. The van der Waals surface area contributed by atoms with Crippen LogP contribution in [0.3, 0.4) is 0 Å². The first-order valence-electron chi connectivity index (χ1n) is 10.2. The van der Waals surface area contributed by atoms with Gasteiger partial charge in [-0.25, -0.2) is 0 Å². The van der Waals surface area contributed by atoms with Gasteiger partial charge in [-0.3, -0.25) is 0 Å². The summed E-state index contributed by atoms with van der Waals surface area (Å²) in [5.74, 6) is 1.02. The second-order valence-electron chi connectivity index (χ2n) is 6.93. The van der Waals surface area contributed by atoms with Crippen LogP contribution in [0.15, 0.2) is 30.3 Å². The average Bonchev–Trinajstić information content (AvgIpc) is 2.67. The number of hydrogen-bond donors (Lipinski definition) is 2. The molecule has 0 saturated heterocycles. The molecule has 6 heteroatoms. The maximum atomic E-state index is 6.06. The first-order chi connectivity index (χ1) is 13.2.